The number of nitrogens with zero attached hydrogens (tertiary/aromatic N) is 2. The molecule has 2 atom stereocenters. The van der Waals surface area contributed by atoms with E-state index in [-0.39, 0.29) is 0 Å². The van der Waals surface area contributed by atoms with Gasteiger partial charge in [0, 0.05) is 12.7 Å². The maximum atomic E-state index is 5.90. The maximum Gasteiger partial charge on any atom is 0.179 e. The number of pyridine rings is 1. The van der Waals surface area contributed by atoms with E-state index in [1.807, 2.05) is 6.07 Å². The van der Waals surface area contributed by atoms with E-state index in [2.05, 4.69) is 21.5 Å². The van der Waals surface area contributed by atoms with Gasteiger partial charge in [-0.1, -0.05) is 18.5 Å². The third-order valence-electron chi connectivity index (χ3n) is 3.27. The van der Waals surface area contributed by atoms with Crippen LogP contribution in [0.5, 0.6) is 0 Å². The Bertz CT molecular complexity index is 601. The molecular formula is C11H12ClN3S. The van der Waals surface area contributed by atoms with E-state index >= 15 is 0 Å². The molecule has 1 aliphatic rings. The van der Waals surface area contributed by atoms with Crippen LogP contribution in [0.4, 0.5) is 0 Å². The summed E-state index contributed by atoms with van der Waals surface area (Å²) >= 11 is 11.2. The van der Waals surface area contributed by atoms with Crippen LogP contribution in [0.2, 0.25) is 5.02 Å². The molecular weight excluding hydrogens is 242 g/mol. The van der Waals surface area contributed by atoms with Crippen LogP contribution in [0.3, 0.4) is 0 Å². The number of fused-ring (bicyclic) bond motifs is 1. The minimum atomic E-state index is 0.635. The Kier molecular flexibility index (Phi) is 2.30. The van der Waals surface area contributed by atoms with Crippen LogP contribution in [0, 0.1) is 16.6 Å². The number of imidazole rings is 1. The average molecular weight is 254 g/mol. The minimum Gasteiger partial charge on any atom is -0.329 e. The zero-order valence-corrected chi connectivity index (χ0v) is 10.5. The summed E-state index contributed by atoms with van der Waals surface area (Å²) < 4.78 is 2.82. The van der Waals surface area contributed by atoms with Crippen molar-refractivity contribution in [3.63, 3.8) is 0 Å². The summed E-state index contributed by atoms with van der Waals surface area (Å²) in [5, 5.41) is 0.635. The molecule has 1 N–H and O–H groups in total. The lowest BCUT2D eigenvalue weighted by Crippen LogP contribution is -2.01. The molecule has 1 saturated carbocycles. The Morgan fingerprint density at radius 3 is 3.12 bits per heavy atom. The largest absolute Gasteiger partial charge is 0.329 e. The first kappa shape index (κ1) is 10.3. The van der Waals surface area contributed by atoms with Gasteiger partial charge < -0.3 is 9.55 Å². The van der Waals surface area contributed by atoms with Gasteiger partial charge in [0.2, 0.25) is 0 Å². The molecule has 2 unspecified atom stereocenters. The molecule has 1 aliphatic carbocycles. The van der Waals surface area contributed by atoms with Crippen molar-refractivity contribution in [2.24, 2.45) is 11.8 Å². The number of rotatable bonds is 2. The van der Waals surface area contributed by atoms with Gasteiger partial charge in [0.05, 0.1) is 10.5 Å². The third kappa shape index (κ3) is 1.66. The topological polar surface area (TPSA) is 33.6 Å². The van der Waals surface area contributed by atoms with Crippen molar-refractivity contribution in [1.29, 1.82) is 0 Å². The van der Waals surface area contributed by atoms with E-state index in [1.54, 1.807) is 6.20 Å². The van der Waals surface area contributed by atoms with E-state index in [0.29, 0.717) is 5.02 Å². The second-order valence-electron chi connectivity index (χ2n) is 4.54. The lowest BCUT2D eigenvalue weighted by Gasteiger charge is -2.01. The lowest BCUT2D eigenvalue weighted by molar-refractivity contribution is 0.597. The maximum absolute atomic E-state index is 5.90. The van der Waals surface area contributed by atoms with Gasteiger partial charge in [0.15, 0.2) is 10.4 Å². The Labute approximate surface area is 103 Å². The Morgan fingerprint density at radius 2 is 2.44 bits per heavy atom. The first-order valence-electron chi connectivity index (χ1n) is 5.39. The van der Waals surface area contributed by atoms with E-state index in [0.717, 1.165) is 34.3 Å². The molecule has 0 radical (unpaired) electrons. The molecule has 84 valence electrons. The third-order valence-corrected chi connectivity index (χ3v) is 3.80. The van der Waals surface area contributed by atoms with Crippen molar-refractivity contribution in [3.05, 3.63) is 22.1 Å². The SMILES string of the molecule is CC1CC1Cn1c(=S)[nH]c2cc(Cl)cnc21. The van der Waals surface area contributed by atoms with E-state index in [4.69, 9.17) is 23.8 Å². The average Bonchev–Trinajstić information content (AvgIpc) is 2.82. The first-order valence-corrected chi connectivity index (χ1v) is 6.18. The van der Waals surface area contributed by atoms with Gasteiger partial charge >= 0.3 is 0 Å². The second-order valence-corrected chi connectivity index (χ2v) is 5.36. The summed E-state index contributed by atoms with van der Waals surface area (Å²) in [6.07, 6.45) is 2.96. The van der Waals surface area contributed by atoms with Gasteiger partial charge in [-0.15, -0.1) is 0 Å². The predicted molar refractivity (Wildman–Crippen MR) is 67.2 cm³/mol. The standard InChI is InChI=1S/C11H12ClN3S/c1-6-2-7(6)5-15-10-9(14-11(15)16)3-8(12)4-13-10/h3-4,6-7H,2,5H2,1H3,(H,14,16). The van der Waals surface area contributed by atoms with Crippen molar-refractivity contribution < 1.29 is 0 Å². The van der Waals surface area contributed by atoms with Gasteiger partial charge in [0.1, 0.15) is 0 Å². The fourth-order valence-electron chi connectivity index (χ4n) is 2.08. The van der Waals surface area contributed by atoms with Crippen molar-refractivity contribution in [2.75, 3.05) is 0 Å². The molecule has 2 aromatic heterocycles. The van der Waals surface area contributed by atoms with Crippen molar-refractivity contribution >= 4 is 35.0 Å². The molecule has 16 heavy (non-hydrogen) atoms. The number of hydrogen-bond acceptors (Lipinski definition) is 2. The predicted octanol–water partition coefficient (Wildman–Crippen LogP) is 3.40. The van der Waals surface area contributed by atoms with Crippen molar-refractivity contribution in [1.82, 2.24) is 14.5 Å². The van der Waals surface area contributed by atoms with E-state index in [9.17, 15) is 0 Å². The highest BCUT2D eigenvalue weighted by molar-refractivity contribution is 7.71. The smallest absolute Gasteiger partial charge is 0.179 e. The lowest BCUT2D eigenvalue weighted by atomic mass is 10.3. The van der Waals surface area contributed by atoms with Crippen LogP contribution in [0.15, 0.2) is 12.3 Å². The molecule has 0 saturated heterocycles. The zero-order valence-electron chi connectivity index (χ0n) is 8.90. The van der Waals surface area contributed by atoms with Gasteiger partial charge in [0.25, 0.3) is 0 Å². The van der Waals surface area contributed by atoms with Crippen LogP contribution in [-0.4, -0.2) is 14.5 Å². The number of nitrogens with one attached hydrogen (secondary N) is 1. The number of aromatic amines is 1. The Morgan fingerprint density at radius 1 is 1.69 bits per heavy atom. The summed E-state index contributed by atoms with van der Waals surface area (Å²) in [6.45, 7) is 3.24. The molecule has 0 bridgehead atoms. The highest BCUT2D eigenvalue weighted by Crippen LogP contribution is 2.39. The van der Waals surface area contributed by atoms with Crippen LogP contribution in [0.1, 0.15) is 13.3 Å². The van der Waals surface area contributed by atoms with Crippen LogP contribution < -0.4 is 0 Å². The normalized spacial score (nSPS) is 23.9. The summed E-state index contributed by atoms with van der Waals surface area (Å²) in [4.78, 5) is 7.49. The fourth-order valence-corrected chi connectivity index (χ4v) is 2.50. The monoisotopic (exact) mass is 253 g/mol. The van der Waals surface area contributed by atoms with Gasteiger partial charge in [-0.25, -0.2) is 4.98 Å². The first-order chi connectivity index (χ1) is 7.65. The van der Waals surface area contributed by atoms with Crippen LogP contribution in [-0.2, 0) is 6.54 Å². The zero-order chi connectivity index (χ0) is 11.3. The quantitative estimate of drug-likeness (QED) is 0.833. The summed E-state index contributed by atoms with van der Waals surface area (Å²) in [5.74, 6) is 1.57. The second kappa shape index (κ2) is 3.57. The Balaban J connectivity index is 2.09. The summed E-state index contributed by atoms with van der Waals surface area (Å²) in [7, 11) is 0. The highest BCUT2D eigenvalue weighted by atomic mass is 35.5. The van der Waals surface area contributed by atoms with Crippen molar-refractivity contribution in [3.8, 4) is 0 Å². The minimum absolute atomic E-state index is 0.635. The molecule has 3 rings (SSSR count). The van der Waals surface area contributed by atoms with Crippen LogP contribution in [0.25, 0.3) is 11.2 Å². The Hall–Kier alpha value is -0.870. The molecule has 0 aromatic carbocycles. The molecule has 0 amide bonds. The molecule has 0 aliphatic heterocycles. The van der Waals surface area contributed by atoms with Gasteiger partial charge in [-0.2, -0.15) is 0 Å². The van der Waals surface area contributed by atoms with Crippen molar-refractivity contribution in [2.45, 2.75) is 19.9 Å². The van der Waals surface area contributed by atoms with Crippen LogP contribution >= 0.6 is 23.8 Å². The number of hydrogen-bond donors (Lipinski definition) is 1. The fraction of sp³-hybridized carbons (Fsp3) is 0.455. The molecule has 0 spiro atoms. The number of H-pyrrole nitrogens is 1. The molecule has 3 nitrogen and oxygen atoms in total. The summed E-state index contributed by atoms with van der Waals surface area (Å²) in [6, 6.07) is 1.87. The molecule has 1 fully saturated rings. The van der Waals surface area contributed by atoms with E-state index < -0.39 is 0 Å². The summed E-state index contributed by atoms with van der Waals surface area (Å²) in [5.41, 5.74) is 1.83. The number of halogens is 1. The molecule has 5 heteroatoms. The van der Waals surface area contributed by atoms with Gasteiger partial charge in [-0.05, 0) is 36.5 Å². The number of aromatic nitrogens is 3. The highest BCUT2D eigenvalue weighted by Gasteiger charge is 2.33. The van der Waals surface area contributed by atoms with E-state index in [1.165, 1.54) is 6.42 Å². The molecule has 2 heterocycles. The molecule has 2 aromatic rings. The van der Waals surface area contributed by atoms with Gasteiger partial charge in [-0.3, -0.25) is 0 Å².